The largest absolute Gasteiger partial charge is 0.493 e. The summed E-state index contributed by atoms with van der Waals surface area (Å²) in [6, 6.07) is 13.5. The van der Waals surface area contributed by atoms with E-state index in [-0.39, 0.29) is 6.10 Å². The molecule has 1 aliphatic rings. The van der Waals surface area contributed by atoms with E-state index < -0.39 is 0 Å². The number of benzene rings is 2. The van der Waals surface area contributed by atoms with Crippen LogP contribution in [0, 0.1) is 0 Å². The van der Waals surface area contributed by atoms with Gasteiger partial charge in [-0.1, -0.05) is 18.2 Å². The highest BCUT2D eigenvalue weighted by atomic mass is 16.6. The van der Waals surface area contributed by atoms with E-state index >= 15 is 0 Å². The van der Waals surface area contributed by atoms with E-state index in [1.165, 1.54) is 0 Å². The van der Waals surface area contributed by atoms with Gasteiger partial charge in [-0.2, -0.15) is 0 Å². The fraction of sp³-hybridized carbons (Fsp3) is 0.250. The highest BCUT2D eigenvalue weighted by molar-refractivity contribution is 5.69. The van der Waals surface area contributed by atoms with Crippen LogP contribution in [0.25, 0.3) is 11.4 Å². The van der Waals surface area contributed by atoms with E-state index in [1.807, 2.05) is 53.2 Å². The Morgan fingerprint density at radius 2 is 1.92 bits per heavy atom. The smallest absolute Gasteiger partial charge is 0.171 e. The number of hydrogen-bond donors (Lipinski definition) is 0. The second-order valence-corrected chi connectivity index (χ2v) is 5.94. The second-order valence-electron chi connectivity index (χ2n) is 5.94. The highest BCUT2D eigenvalue weighted by Crippen LogP contribution is 2.37. The minimum Gasteiger partial charge on any atom is -0.493 e. The number of aromatic nitrogens is 2. The fourth-order valence-corrected chi connectivity index (χ4v) is 3.14. The number of nitrogens with zero attached hydrogens (tertiary/aromatic N) is 2. The summed E-state index contributed by atoms with van der Waals surface area (Å²) >= 11 is 0. The molecule has 0 radical (unpaired) electrons. The summed E-state index contributed by atoms with van der Waals surface area (Å²) in [4.78, 5) is 4.51. The van der Waals surface area contributed by atoms with Crippen LogP contribution in [0.4, 0.5) is 0 Å². The maximum atomic E-state index is 6.07. The molecule has 1 aromatic heterocycles. The van der Waals surface area contributed by atoms with Gasteiger partial charge in [0.05, 0.1) is 26.3 Å². The molecule has 26 heavy (non-hydrogen) atoms. The minimum absolute atomic E-state index is 0.102. The van der Waals surface area contributed by atoms with Crippen molar-refractivity contribution in [2.75, 3.05) is 20.8 Å². The van der Waals surface area contributed by atoms with Gasteiger partial charge >= 0.3 is 0 Å². The van der Waals surface area contributed by atoms with Crippen LogP contribution >= 0.6 is 0 Å². The Bertz CT molecular complexity index is 906. The van der Waals surface area contributed by atoms with Crippen LogP contribution in [0.5, 0.6) is 23.0 Å². The molecule has 6 heteroatoms. The molecule has 134 valence electrons. The predicted octanol–water partition coefficient (Wildman–Crippen LogP) is 3.41. The van der Waals surface area contributed by atoms with Gasteiger partial charge in [-0.05, 0) is 24.3 Å². The van der Waals surface area contributed by atoms with Crippen molar-refractivity contribution in [3.63, 3.8) is 0 Å². The molecule has 6 nitrogen and oxygen atoms in total. The van der Waals surface area contributed by atoms with E-state index in [4.69, 9.17) is 18.9 Å². The van der Waals surface area contributed by atoms with Gasteiger partial charge in [-0.15, -0.1) is 0 Å². The topological polar surface area (TPSA) is 54.7 Å². The first-order chi connectivity index (χ1) is 12.8. The highest BCUT2D eigenvalue weighted by Gasteiger charge is 2.23. The standard InChI is InChI=1S/C20H20N2O4/c1-23-18-9-5-6-15(19(18)24-2)20-21-10-11-22(20)12-14-13-25-16-7-3-4-8-17(16)26-14/h3-11,14H,12-13H2,1-2H3. The van der Waals surface area contributed by atoms with Crippen molar-refractivity contribution in [1.82, 2.24) is 9.55 Å². The van der Waals surface area contributed by atoms with Crippen LogP contribution < -0.4 is 18.9 Å². The first kappa shape index (κ1) is 16.3. The molecule has 1 unspecified atom stereocenters. The molecule has 0 amide bonds. The average Bonchev–Trinajstić information content (AvgIpc) is 3.15. The molecule has 2 aromatic carbocycles. The number of rotatable bonds is 5. The molecular weight excluding hydrogens is 332 g/mol. The normalized spacial score (nSPS) is 15.5. The number of para-hydroxylation sites is 3. The molecule has 4 rings (SSSR count). The molecule has 0 spiro atoms. The molecule has 1 aliphatic heterocycles. The molecule has 0 N–H and O–H groups in total. The van der Waals surface area contributed by atoms with Crippen molar-refractivity contribution < 1.29 is 18.9 Å². The summed E-state index contributed by atoms with van der Waals surface area (Å²) in [7, 11) is 3.25. The van der Waals surface area contributed by atoms with Crippen LogP contribution in [0.2, 0.25) is 0 Å². The van der Waals surface area contributed by atoms with Gasteiger partial charge in [0.25, 0.3) is 0 Å². The van der Waals surface area contributed by atoms with Crippen LogP contribution in [0.15, 0.2) is 54.9 Å². The zero-order chi connectivity index (χ0) is 17.9. The summed E-state index contributed by atoms with van der Waals surface area (Å²) in [6.45, 7) is 1.11. The van der Waals surface area contributed by atoms with Gasteiger partial charge in [0.1, 0.15) is 12.4 Å². The average molecular weight is 352 g/mol. The summed E-state index contributed by atoms with van der Waals surface area (Å²) in [6.07, 6.45) is 3.60. The lowest BCUT2D eigenvalue weighted by Crippen LogP contribution is -2.33. The molecule has 0 saturated carbocycles. The predicted molar refractivity (Wildman–Crippen MR) is 97.1 cm³/mol. The number of methoxy groups -OCH3 is 2. The van der Waals surface area contributed by atoms with E-state index in [1.54, 1.807) is 20.4 Å². The molecule has 2 heterocycles. The summed E-state index contributed by atoms with van der Waals surface area (Å²) in [5.41, 5.74) is 0.869. The van der Waals surface area contributed by atoms with Crippen molar-refractivity contribution in [3.05, 3.63) is 54.9 Å². The maximum absolute atomic E-state index is 6.07. The summed E-state index contributed by atoms with van der Waals surface area (Å²) < 4.78 is 24.9. The van der Waals surface area contributed by atoms with Crippen molar-refractivity contribution >= 4 is 0 Å². The van der Waals surface area contributed by atoms with Crippen LogP contribution in [0.3, 0.4) is 0 Å². The van der Waals surface area contributed by atoms with Crippen molar-refractivity contribution in [2.45, 2.75) is 12.6 Å². The van der Waals surface area contributed by atoms with Crippen LogP contribution in [0.1, 0.15) is 0 Å². The molecule has 0 bridgehead atoms. The third-order valence-electron chi connectivity index (χ3n) is 4.33. The van der Waals surface area contributed by atoms with Gasteiger partial charge in [0.15, 0.2) is 29.1 Å². The Morgan fingerprint density at radius 3 is 2.73 bits per heavy atom. The van der Waals surface area contributed by atoms with Crippen molar-refractivity contribution in [3.8, 4) is 34.4 Å². The van der Waals surface area contributed by atoms with E-state index in [0.29, 0.717) is 24.7 Å². The molecule has 0 aliphatic carbocycles. The number of hydrogen-bond acceptors (Lipinski definition) is 5. The number of ether oxygens (including phenoxy) is 4. The van der Waals surface area contributed by atoms with E-state index in [0.717, 1.165) is 22.9 Å². The quantitative estimate of drug-likeness (QED) is 0.704. The van der Waals surface area contributed by atoms with Crippen LogP contribution in [-0.2, 0) is 6.54 Å². The third-order valence-corrected chi connectivity index (χ3v) is 4.33. The first-order valence-corrected chi connectivity index (χ1v) is 8.41. The van der Waals surface area contributed by atoms with Gasteiger partial charge in [-0.3, -0.25) is 0 Å². The van der Waals surface area contributed by atoms with Gasteiger partial charge in [0, 0.05) is 12.4 Å². The zero-order valence-corrected chi connectivity index (χ0v) is 14.7. The SMILES string of the molecule is COc1cccc(-c2nccn2CC2COc3ccccc3O2)c1OC. The molecule has 0 saturated heterocycles. The molecule has 3 aromatic rings. The monoisotopic (exact) mass is 352 g/mol. The van der Waals surface area contributed by atoms with Gasteiger partial charge < -0.3 is 23.5 Å². The lowest BCUT2D eigenvalue weighted by molar-refractivity contribution is 0.0788. The first-order valence-electron chi connectivity index (χ1n) is 8.41. The maximum Gasteiger partial charge on any atom is 0.171 e. The Morgan fingerprint density at radius 1 is 1.08 bits per heavy atom. The van der Waals surface area contributed by atoms with Crippen molar-refractivity contribution in [1.29, 1.82) is 0 Å². The summed E-state index contributed by atoms with van der Waals surface area (Å²) in [5.74, 6) is 3.68. The lowest BCUT2D eigenvalue weighted by Gasteiger charge is -2.27. The number of fused-ring (bicyclic) bond motifs is 1. The third kappa shape index (κ3) is 2.94. The van der Waals surface area contributed by atoms with Crippen LogP contribution in [-0.4, -0.2) is 36.5 Å². The van der Waals surface area contributed by atoms with Crippen molar-refractivity contribution in [2.24, 2.45) is 0 Å². The Hall–Kier alpha value is -3.15. The Kier molecular flexibility index (Phi) is 4.39. The number of imidazole rings is 1. The minimum atomic E-state index is -0.102. The summed E-state index contributed by atoms with van der Waals surface area (Å²) in [5, 5.41) is 0. The molecular formula is C20H20N2O4. The second kappa shape index (κ2) is 7.00. The Balaban J connectivity index is 1.61. The van der Waals surface area contributed by atoms with E-state index in [2.05, 4.69) is 4.98 Å². The zero-order valence-electron chi connectivity index (χ0n) is 14.7. The van der Waals surface area contributed by atoms with Gasteiger partial charge in [0.2, 0.25) is 0 Å². The Labute approximate surface area is 151 Å². The van der Waals surface area contributed by atoms with E-state index in [9.17, 15) is 0 Å². The molecule has 0 fully saturated rings. The lowest BCUT2D eigenvalue weighted by atomic mass is 10.1. The van der Waals surface area contributed by atoms with Gasteiger partial charge in [-0.25, -0.2) is 4.98 Å². The molecule has 1 atom stereocenters. The fourth-order valence-electron chi connectivity index (χ4n) is 3.14.